The van der Waals surface area contributed by atoms with E-state index in [0.717, 1.165) is 24.5 Å². The van der Waals surface area contributed by atoms with E-state index in [4.69, 9.17) is 21.9 Å². The van der Waals surface area contributed by atoms with Crippen molar-refractivity contribution in [2.45, 2.75) is 227 Å². The van der Waals surface area contributed by atoms with Crippen molar-refractivity contribution in [2.75, 3.05) is 72.5 Å². The van der Waals surface area contributed by atoms with Gasteiger partial charge in [0.25, 0.3) is 0 Å². The average Bonchev–Trinajstić information content (AvgIpc) is 1.68. The molecule has 45 heteroatoms. The lowest BCUT2D eigenvalue weighted by Crippen LogP contribution is -2.61. The molecule has 15 atom stereocenters. The summed E-state index contributed by atoms with van der Waals surface area (Å²) in [6, 6.07) is -2.89. The smallest absolute Gasteiger partial charge is 0.305 e. The van der Waals surface area contributed by atoms with Crippen LogP contribution in [0.2, 0.25) is 0 Å². The molecule has 3 aromatic carbocycles. The summed E-state index contributed by atoms with van der Waals surface area (Å²) >= 11 is 0.706. The van der Waals surface area contributed by atoms with Crippen LogP contribution in [0.1, 0.15) is 134 Å². The number of primary amides is 1. The van der Waals surface area contributed by atoms with Crippen molar-refractivity contribution in [1.29, 1.82) is 0 Å². The van der Waals surface area contributed by atoms with E-state index in [1.807, 2.05) is 6.92 Å². The number of para-hydroxylation sites is 2. The van der Waals surface area contributed by atoms with Gasteiger partial charge in [0.2, 0.25) is 94.5 Å². The van der Waals surface area contributed by atoms with Gasteiger partial charge in [-0.2, -0.15) is 0 Å². The van der Waals surface area contributed by atoms with Gasteiger partial charge in [-0.25, -0.2) is 0 Å². The molecule has 8 rings (SSSR count). The normalized spacial score (nSPS) is 24.9. The zero-order valence-electron chi connectivity index (χ0n) is 75.3. The van der Waals surface area contributed by atoms with Crippen molar-refractivity contribution in [3.63, 3.8) is 0 Å². The summed E-state index contributed by atoms with van der Waals surface area (Å²) in [6.07, 6.45) is -2.51. The van der Waals surface area contributed by atoms with Gasteiger partial charge < -0.3 is 130 Å². The first-order chi connectivity index (χ1) is 63.3. The highest BCUT2D eigenvalue weighted by atomic mass is 32.2. The Morgan fingerprint density at radius 3 is 1.59 bits per heavy atom. The minimum Gasteiger partial charge on any atom is -0.497 e. The van der Waals surface area contributed by atoms with E-state index in [0.29, 0.717) is 75.3 Å². The van der Waals surface area contributed by atoms with Crippen LogP contribution in [0.15, 0.2) is 85.2 Å². The number of carbonyl (C=O) groups is 19. The Hall–Kier alpha value is -13.3. The number of nitrogens with zero attached hydrogens (tertiary/aromatic N) is 5. The molecule has 724 valence electrons. The molecule has 1 unspecified atom stereocenters. The second-order valence-electron chi connectivity index (χ2n) is 33.2. The van der Waals surface area contributed by atoms with Gasteiger partial charge in [-0.1, -0.05) is 88.1 Å². The summed E-state index contributed by atoms with van der Waals surface area (Å²) < 4.78 is 5.31. The van der Waals surface area contributed by atoms with Crippen molar-refractivity contribution < 1.29 is 116 Å². The minimum atomic E-state index is -1.94. The summed E-state index contributed by atoms with van der Waals surface area (Å²) in [5, 5.41) is 68.2. The fraction of sp³-hybridized carbons (Fsp3) is 0.534. The summed E-state index contributed by atoms with van der Waals surface area (Å²) in [4.78, 5) is 284. The molecule has 22 N–H and O–H groups in total. The number of benzene rings is 3. The highest BCUT2D eigenvalue weighted by Gasteiger charge is 2.47. The van der Waals surface area contributed by atoms with Crippen LogP contribution < -0.4 is 75.1 Å². The van der Waals surface area contributed by atoms with E-state index in [2.05, 4.69) is 63.1 Å². The third-order valence-corrected chi connectivity index (χ3v) is 24.7. The molecule has 0 aliphatic carbocycles. The predicted octanol–water partition coefficient (Wildman–Crippen LogP) is -3.26. The number of nitrogens with one attached hydrogen (secondary N) is 12. The second kappa shape index (κ2) is 50.4. The first kappa shape index (κ1) is 105. The number of ether oxygens (including phenoxy) is 1. The van der Waals surface area contributed by atoms with Crippen molar-refractivity contribution in [2.24, 2.45) is 17.2 Å². The number of rotatable bonds is 27. The number of aromatic amines is 2. The van der Waals surface area contributed by atoms with Crippen molar-refractivity contribution in [3.8, 4) is 5.75 Å². The van der Waals surface area contributed by atoms with Gasteiger partial charge in [0.05, 0.1) is 31.9 Å². The summed E-state index contributed by atoms with van der Waals surface area (Å²) in [6.45, 7) is 2.26. The van der Waals surface area contributed by atoms with Crippen LogP contribution >= 0.6 is 11.8 Å². The molecule has 5 heterocycles. The monoisotopic (exact) mass is 1870 g/mol. The highest BCUT2D eigenvalue weighted by molar-refractivity contribution is 8.00. The quantitative estimate of drug-likeness (QED) is 0.0245. The number of likely N-dealkylation sites (N-methyl/N-ethyl adjacent to an activating group) is 3. The minimum absolute atomic E-state index is 0.0398. The van der Waals surface area contributed by atoms with Crippen LogP contribution in [0.3, 0.4) is 0 Å². The Morgan fingerprint density at radius 2 is 1.01 bits per heavy atom. The van der Waals surface area contributed by atoms with Gasteiger partial charge in [0, 0.05) is 119 Å². The van der Waals surface area contributed by atoms with Gasteiger partial charge in [-0.3, -0.25) is 91.1 Å². The number of nitrogens with two attached hydrogens (primary N) is 3. The molecule has 5 aromatic rings. The zero-order valence-corrected chi connectivity index (χ0v) is 76.1. The molecule has 3 aliphatic rings. The molecule has 3 saturated heterocycles. The maximum atomic E-state index is 15.8. The molecule has 44 nitrogen and oxygen atoms in total. The number of aliphatic carboxylic acids is 3. The first-order valence-corrected chi connectivity index (χ1v) is 45.2. The number of aliphatic hydroxyl groups is 1. The molecule has 16 amide bonds. The highest BCUT2D eigenvalue weighted by Crippen LogP contribution is 2.28. The largest absolute Gasteiger partial charge is 0.497 e. The van der Waals surface area contributed by atoms with E-state index < -0.39 is 273 Å². The number of H-pyrrole nitrogens is 2. The number of methoxy groups -OCH3 is 1. The molecular weight excluding hydrogens is 1750 g/mol. The van der Waals surface area contributed by atoms with Crippen LogP contribution in [0.25, 0.3) is 21.8 Å². The lowest BCUT2D eigenvalue weighted by molar-refractivity contribution is -0.149. The van der Waals surface area contributed by atoms with Crippen molar-refractivity contribution >= 4 is 146 Å². The number of hydrogen-bond donors (Lipinski definition) is 19. The predicted molar refractivity (Wildman–Crippen MR) is 482 cm³/mol. The number of thioether (sulfide) groups is 1. The number of unbranched alkanes of at least 4 members (excludes halogenated alkanes) is 2. The van der Waals surface area contributed by atoms with Crippen LogP contribution in [0, 0.1) is 0 Å². The average molecular weight is 1880 g/mol. The van der Waals surface area contributed by atoms with E-state index in [9.17, 15) is 78.0 Å². The maximum absolute atomic E-state index is 15.8. The lowest BCUT2D eigenvalue weighted by atomic mass is 9.99. The summed E-state index contributed by atoms with van der Waals surface area (Å²) in [5.41, 5.74) is 20.4. The standard InChI is InChI=1S/C88H122N20O24S/c1-8-10-21-66-81(124)97-57(28-30-72(112)113)77(120)103-65(76(119)94-43-70(91)110)45-133-46-71(111)95-61(35-48-24-26-52(132-7)27-25-48)84(127)104(4)47(3)75(118)100-63(39-74(116)117)87(130)107-34-16-23-67(107)82(125)102-64(40-90)80(123)98-59(29-31-73(114)115)86(129)108-44-51(109)38-69(108)83(126)99-60(36-49-41-92-55-19-14-12-17-53(49)55)79(122)96-58(32-33-89)78(121)101-62(37-50-42-93-56-20-15-13-18-54(50)56)85(128)106(6)68(22-11-9-2)88(131)105(66)5/h12-15,17-20,24-27,41-42,47,51,57-69,92-93,109H,8-11,16,21-23,28-40,43-46,89-90H2,1-7H3,(H2,91,110)(H,94,119)(H,95,111)(H,96,122)(H,97,124)(H,98,123)(H,99,126)(H,100,118)(H,101,121)(H,102,125)(H,103,120)(H,112,113)(H,114,115)(H,116,117)/t47-,51+,57-,58-,59-,60-,61-,62-,63-,64-,65-,66-,67?,68-,69-/m0/s1. The van der Waals surface area contributed by atoms with Crippen LogP contribution in [-0.4, -0.2) is 330 Å². The van der Waals surface area contributed by atoms with Crippen molar-refractivity contribution in [3.05, 3.63) is 102 Å². The van der Waals surface area contributed by atoms with Crippen LogP contribution in [0.5, 0.6) is 5.75 Å². The number of carboxylic acids is 3. The molecule has 133 heavy (non-hydrogen) atoms. The number of carboxylic acid groups (broad SMARTS) is 3. The Kier molecular flexibility index (Phi) is 39.8. The van der Waals surface area contributed by atoms with E-state index >= 15 is 33.6 Å². The summed E-state index contributed by atoms with van der Waals surface area (Å²) in [7, 11) is 5.19. The Bertz CT molecular complexity index is 5030. The number of aromatic nitrogens is 2. The lowest BCUT2D eigenvalue weighted by Gasteiger charge is -2.36. The fourth-order valence-electron chi connectivity index (χ4n) is 16.1. The Labute approximate surface area is 770 Å². The topological polar surface area (TPSA) is 661 Å². The van der Waals surface area contributed by atoms with Gasteiger partial charge in [0.1, 0.15) is 90.3 Å². The number of fused-ring (bicyclic) bond motifs is 4. The van der Waals surface area contributed by atoms with Crippen LogP contribution in [-0.2, 0) is 110 Å². The Morgan fingerprint density at radius 1 is 0.511 bits per heavy atom. The zero-order chi connectivity index (χ0) is 97.6. The van der Waals surface area contributed by atoms with Gasteiger partial charge in [-0.05, 0) is 99.4 Å². The molecule has 3 fully saturated rings. The van der Waals surface area contributed by atoms with Gasteiger partial charge >= 0.3 is 17.9 Å². The molecule has 2 aromatic heterocycles. The third kappa shape index (κ3) is 29.3. The van der Waals surface area contributed by atoms with E-state index in [-0.39, 0.29) is 70.9 Å². The number of carbonyl (C=O) groups excluding carboxylic acids is 16. The Balaban J connectivity index is 1.20. The summed E-state index contributed by atoms with van der Waals surface area (Å²) in [5.74, 6) is -21.5. The third-order valence-electron chi connectivity index (χ3n) is 23.6. The van der Waals surface area contributed by atoms with Crippen LogP contribution in [0.4, 0.5) is 0 Å². The number of amides is 16. The number of aliphatic hydroxyl groups excluding tert-OH is 1. The van der Waals surface area contributed by atoms with E-state index in [1.54, 1.807) is 92.1 Å². The molecule has 0 bridgehead atoms. The SMILES string of the molecule is CCCC[C@H]1C(=O)N(C)[C@@H](CCCC)C(=O)N[C@@H](CCC(=O)O)C(=O)N[C@H](C(=O)NCC(N)=O)CSCC(=O)N[C@@H](Cc2ccc(OC)cc2)C(=O)N(C)[C@@H](C)C(=O)N[C@@H](CC(=O)O)C(=O)N2CCCC2C(=O)N[C@@H](CN)C(=O)N[C@@H](CCC(=O)O)C(=O)N2C[C@H](O)C[C@H]2C(=O)N[C@@H](Cc2c[nH]c3ccccc23)C(=O)N[C@@H](CCN)C(=O)N[C@@H](Cc2c[nH]c3ccccc23)C(=O)N1C. The molecule has 0 spiro atoms. The number of hydrogen-bond acceptors (Lipinski definition) is 24. The van der Waals surface area contributed by atoms with Crippen molar-refractivity contribution in [1.82, 2.24) is 87.6 Å². The van der Waals surface area contributed by atoms with E-state index in [1.165, 1.54) is 35.2 Å². The molecule has 0 radical (unpaired) electrons. The first-order valence-electron chi connectivity index (χ1n) is 44.1. The second-order valence-corrected chi connectivity index (χ2v) is 34.2. The molecular formula is C88H122N20O24S. The van der Waals surface area contributed by atoms with Gasteiger partial charge in [-0.15, -0.1) is 11.8 Å². The maximum Gasteiger partial charge on any atom is 0.305 e. The van der Waals surface area contributed by atoms with Gasteiger partial charge in [0.15, 0.2) is 0 Å². The fourth-order valence-corrected chi connectivity index (χ4v) is 17.0. The molecule has 0 saturated carbocycles. The molecule has 3 aliphatic heterocycles.